The summed E-state index contributed by atoms with van der Waals surface area (Å²) in [5, 5.41) is 1.84. The van der Waals surface area contributed by atoms with Gasteiger partial charge in [-0.25, -0.2) is 4.98 Å². The smallest absolute Gasteiger partial charge is 0.187 e. The van der Waals surface area contributed by atoms with Crippen LogP contribution in [-0.4, -0.2) is 42.6 Å². The van der Waals surface area contributed by atoms with E-state index < -0.39 is 0 Å². The minimum Gasteiger partial charge on any atom is -0.389 e. The van der Waals surface area contributed by atoms with Crippen LogP contribution in [0.2, 0.25) is 0 Å². The van der Waals surface area contributed by atoms with E-state index in [1.165, 1.54) is 6.42 Å². The van der Waals surface area contributed by atoms with Crippen molar-refractivity contribution in [3.05, 3.63) is 6.20 Å². The molecule has 0 aromatic carbocycles. The van der Waals surface area contributed by atoms with Crippen LogP contribution in [0.5, 0.6) is 0 Å². The molecule has 0 saturated heterocycles. The maximum atomic E-state index is 5.71. The Bertz CT molecular complexity index is 309. The summed E-state index contributed by atoms with van der Waals surface area (Å²) in [6.45, 7) is 12.1. The molecule has 1 rings (SSSR count). The van der Waals surface area contributed by atoms with Gasteiger partial charge in [-0.1, -0.05) is 25.2 Å². The van der Waals surface area contributed by atoms with Crippen molar-refractivity contribution in [2.45, 2.75) is 27.2 Å². The van der Waals surface area contributed by atoms with Crippen molar-refractivity contribution in [3.8, 4) is 0 Å². The fraction of sp³-hybridized carbons (Fsp3) is 0.750. The Balaban J connectivity index is 2.38. The molecule has 17 heavy (non-hydrogen) atoms. The zero-order chi connectivity index (χ0) is 12.7. The van der Waals surface area contributed by atoms with E-state index >= 15 is 0 Å². The quantitative estimate of drug-likeness (QED) is 0.775. The van der Waals surface area contributed by atoms with Gasteiger partial charge in [-0.3, -0.25) is 0 Å². The first-order valence-corrected chi connectivity index (χ1v) is 7.21. The average molecular weight is 256 g/mol. The molecule has 98 valence electrons. The Kier molecular flexibility index (Phi) is 6.29. The molecule has 0 aliphatic rings. The lowest BCUT2D eigenvalue weighted by Crippen LogP contribution is -2.29. The van der Waals surface area contributed by atoms with Crippen LogP contribution in [-0.2, 0) is 0 Å². The minimum atomic E-state index is 0.794. The Morgan fingerprint density at radius 2 is 1.88 bits per heavy atom. The lowest BCUT2D eigenvalue weighted by atomic mass is 10.3. The third-order valence-corrected chi connectivity index (χ3v) is 3.85. The summed E-state index contributed by atoms with van der Waals surface area (Å²) in [6.07, 6.45) is 2.92. The van der Waals surface area contributed by atoms with Gasteiger partial charge in [-0.15, -0.1) is 0 Å². The molecule has 4 nitrogen and oxygen atoms in total. The predicted molar refractivity (Wildman–Crippen MR) is 76.8 cm³/mol. The predicted octanol–water partition coefficient (Wildman–Crippen LogP) is 2.28. The Morgan fingerprint density at radius 3 is 2.35 bits per heavy atom. The minimum absolute atomic E-state index is 0.794. The van der Waals surface area contributed by atoms with E-state index in [-0.39, 0.29) is 0 Å². The first-order valence-electron chi connectivity index (χ1n) is 6.39. The van der Waals surface area contributed by atoms with Crippen molar-refractivity contribution in [1.29, 1.82) is 0 Å². The maximum Gasteiger partial charge on any atom is 0.187 e. The molecular formula is C12H24N4S. The molecule has 0 saturated carbocycles. The summed E-state index contributed by atoms with van der Waals surface area (Å²) in [5.74, 6) is 0. The summed E-state index contributed by atoms with van der Waals surface area (Å²) in [6, 6.07) is 0. The molecule has 0 amide bonds. The highest BCUT2D eigenvalue weighted by atomic mass is 32.1. The van der Waals surface area contributed by atoms with Crippen LogP contribution in [0.3, 0.4) is 0 Å². The number of aromatic nitrogens is 1. The lowest BCUT2D eigenvalue weighted by molar-refractivity contribution is 0.301. The SMILES string of the molecule is CCN(CC)CCCN(CC)c1ncc(N)s1. The van der Waals surface area contributed by atoms with Gasteiger partial charge in [-0.2, -0.15) is 0 Å². The van der Waals surface area contributed by atoms with Crippen molar-refractivity contribution in [2.24, 2.45) is 0 Å². The molecule has 0 aliphatic heterocycles. The van der Waals surface area contributed by atoms with E-state index in [1.54, 1.807) is 17.5 Å². The molecule has 0 radical (unpaired) electrons. The van der Waals surface area contributed by atoms with E-state index in [0.717, 1.165) is 42.9 Å². The molecule has 0 fully saturated rings. The van der Waals surface area contributed by atoms with E-state index in [9.17, 15) is 0 Å². The van der Waals surface area contributed by atoms with Gasteiger partial charge in [0, 0.05) is 13.1 Å². The van der Waals surface area contributed by atoms with Gasteiger partial charge in [-0.05, 0) is 33.0 Å². The van der Waals surface area contributed by atoms with Gasteiger partial charge in [0.05, 0.1) is 6.20 Å². The fourth-order valence-electron chi connectivity index (χ4n) is 1.84. The van der Waals surface area contributed by atoms with Gasteiger partial charge in [0.1, 0.15) is 5.00 Å². The number of hydrogen-bond acceptors (Lipinski definition) is 5. The van der Waals surface area contributed by atoms with Gasteiger partial charge < -0.3 is 15.5 Å². The molecule has 0 atom stereocenters. The molecule has 2 N–H and O–H groups in total. The normalized spacial score (nSPS) is 11.1. The zero-order valence-corrected chi connectivity index (χ0v) is 12.0. The second-order valence-corrected chi connectivity index (χ2v) is 5.05. The molecule has 0 aliphatic carbocycles. The van der Waals surface area contributed by atoms with E-state index in [2.05, 4.69) is 35.6 Å². The number of anilines is 2. The Morgan fingerprint density at radius 1 is 1.18 bits per heavy atom. The van der Waals surface area contributed by atoms with E-state index in [4.69, 9.17) is 5.73 Å². The largest absolute Gasteiger partial charge is 0.389 e. The van der Waals surface area contributed by atoms with Crippen molar-refractivity contribution in [2.75, 3.05) is 43.4 Å². The molecule has 1 aromatic heterocycles. The maximum absolute atomic E-state index is 5.71. The Hall–Kier alpha value is -0.810. The van der Waals surface area contributed by atoms with Crippen LogP contribution in [0.4, 0.5) is 10.1 Å². The number of nitrogens with two attached hydrogens (primary N) is 1. The summed E-state index contributed by atoms with van der Waals surface area (Å²) in [5.41, 5.74) is 5.71. The van der Waals surface area contributed by atoms with Gasteiger partial charge in [0.2, 0.25) is 0 Å². The monoisotopic (exact) mass is 256 g/mol. The van der Waals surface area contributed by atoms with E-state index in [1.807, 2.05) is 0 Å². The van der Waals surface area contributed by atoms with Crippen LogP contribution >= 0.6 is 11.3 Å². The zero-order valence-electron chi connectivity index (χ0n) is 11.1. The van der Waals surface area contributed by atoms with Crippen molar-refractivity contribution in [3.63, 3.8) is 0 Å². The van der Waals surface area contributed by atoms with Gasteiger partial charge in [0.15, 0.2) is 5.13 Å². The molecule has 1 heterocycles. The van der Waals surface area contributed by atoms with Crippen LogP contribution in [0.25, 0.3) is 0 Å². The molecule has 0 unspecified atom stereocenters. The first-order chi connectivity index (χ1) is 8.21. The molecule has 0 bridgehead atoms. The number of nitrogen functional groups attached to an aromatic ring is 1. The molecule has 0 spiro atoms. The van der Waals surface area contributed by atoms with Crippen molar-refractivity contribution < 1.29 is 0 Å². The standard InChI is InChI=1S/C12H24N4S/c1-4-15(5-2)8-7-9-16(6-3)12-14-10-11(13)17-12/h10H,4-9,13H2,1-3H3. The topological polar surface area (TPSA) is 45.4 Å². The third-order valence-electron chi connectivity index (χ3n) is 2.96. The Labute approximate surface area is 108 Å². The highest BCUT2D eigenvalue weighted by Gasteiger charge is 2.08. The number of nitrogens with zero attached hydrogens (tertiary/aromatic N) is 3. The van der Waals surface area contributed by atoms with Crippen LogP contribution in [0, 0.1) is 0 Å². The van der Waals surface area contributed by atoms with Crippen molar-refractivity contribution >= 4 is 21.5 Å². The summed E-state index contributed by atoms with van der Waals surface area (Å²) in [7, 11) is 0. The second kappa shape index (κ2) is 7.50. The summed E-state index contributed by atoms with van der Waals surface area (Å²) < 4.78 is 0. The van der Waals surface area contributed by atoms with Crippen LogP contribution in [0.1, 0.15) is 27.2 Å². The second-order valence-electron chi connectivity index (χ2n) is 4.01. The molecular weight excluding hydrogens is 232 g/mol. The highest BCUT2D eigenvalue weighted by Crippen LogP contribution is 2.23. The molecule has 1 aromatic rings. The summed E-state index contributed by atoms with van der Waals surface area (Å²) in [4.78, 5) is 9.08. The third kappa shape index (κ3) is 4.52. The van der Waals surface area contributed by atoms with Gasteiger partial charge >= 0.3 is 0 Å². The number of hydrogen-bond donors (Lipinski definition) is 1. The van der Waals surface area contributed by atoms with Gasteiger partial charge in [0.25, 0.3) is 0 Å². The van der Waals surface area contributed by atoms with E-state index in [0.29, 0.717) is 0 Å². The fourth-order valence-corrected chi connectivity index (χ4v) is 2.61. The first kappa shape index (κ1) is 14.3. The van der Waals surface area contributed by atoms with Crippen LogP contribution in [0.15, 0.2) is 6.20 Å². The number of thiazole rings is 1. The highest BCUT2D eigenvalue weighted by molar-refractivity contribution is 7.19. The average Bonchev–Trinajstić information content (AvgIpc) is 2.76. The molecule has 5 heteroatoms. The summed E-state index contributed by atoms with van der Waals surface area (Å²) >= 11 is 1.57. The number of rotatable bonds is 8. The lowest BCUT2D eigenvalue weighted by Gasteiger charge is -2.22. The van der Waals surface area contributed by atoms with Crippen LogP contribution < -0.4 is 10.6 Å². The van der Waals surface area contributed by atoms with Crippen molar-refractivity contribution in [1.82, 2.24) is 9.88 Å².